The molecule has 2 unspecified atom stereocenters. The van der Waals surface area contributed by atoms with Gasteiger partial charge in [0.15, 0.2) is 5.16 Å². The number of aliphatic hydroxyl groups excluding tert-OH is 1. The molecule has 3 rings (SSSR count). The van der Waals surface area contributed by atoms with Crippen LogP contribution in [0.5, 0.6) is 0 Å². The summed E-state index contributed by atoms with van der Waals surface area (Å²) in [6.07, 6.45) is 9.49. The van der Waals surface area contributed by atoms with E-state index in [0.29, 0.717) is 11.3 Å². The monoisotopic (exact) mass is 253 g/mol. The zero-order chi connectivity index (χ0) is 11.7. The third kappa shape index (κ3) is 2.67. The Balaban J connectivity index is 1.59. The van der Waals surface area contributed by atoms with Gasteiger partial charge in [0.1, 0.15) is 0 Å². The number of aromatic amines is 1. The third-order valence-corrected chi connectivity index (χ3v) is 4.89. The molecule has 0 radical (unpaired) electrons. The van der Waals surface area contributed by atoms with E-state index in [9.17, 15) is 5.11 Å². The highest BCUT2D eigenvalue weighted by atomic mass is 32.2. The van der Waals surface area contributed by atoms with Crippen LogP contribution in [0.15, 0.2) is 17.6 Å². The molecule has 0 aromatic carbocycles. The summed E-state index contributed by atoms with van der Waals surface area (Å²) in [6.45, 7) is 0.263. The molecule has 2 fully saturated rings. The van der Waals surface area contributed by atoms with Crippen LogP contribution in [0.4, 0.5) is 0 Å². The number of nitrogens with zero attached hydrogens (tertiary/aromatic N) is 1. The highest BCUT2D eigenvalue weighted by molar-refractivity contribution is 7.99. The molecule has 1 aromatic rings. The van der Waals surface area contributed by atoms with Gasteiger partial charge in [-0.1, -0.05) is 11.8 Å². The topological polar surface area (TPSA) is 60.9 Å². The van der Waals surface area contributed by atoms with E-state index < -0.39 is 0 Å². The Hall–Kier alpha value is -0.520. The van der Waals surface area contributed by atoms with E-state index in [1.165, 1.54) is 12.8 Å². The van der Waals surface area contributed by atoms with Crippen molar-refractivity contribution < 1.29 is 5.11 Å². The van der Waals surface area contributed by atoms with Crippen molar-refractivity contribution in [1.82, 2.24) is 15.3 Å². The average Bonchev–Trinajstić information content (AvgIpc) is 2.84. The van der Waals surface area contributed by atoms with Crippen molar-refractivity contribution >= 4 is 11.8 Å². The first-order valence-corrected chi connectivity index (χ1v) is 7.22. The molecule has 2 aliphatic carbocycles. The largest absolute Gasteiger partial charge is 0.394 e. The second-order valence-corrected chi connectivity index (χ2v) is 6.52. The molecule has 0 amide bonds. The maximum absolute atomic E-state index is 9.64. The normalized spacial score (nSPS) is 33.1. The SMILES string of the molecule is OCC1(NC2CC2)CCC(Sc2ncc[nH]2)C1. The molecule has 4 nitrogen and oxygen atoms in total. The number of aromatic nitrogens is 2. The van der Waals surface area contributed by atoms with Crippen LogP contribution in [-0.2, 0) is 0 Å². The number of nitrogens with one attached hydrogen (secondary N) is 2. The zero-order valence-electron chi connectivity index (χ0n) is 9.85. The minimum atomic E-state index is -0.0224. The number of rotatable bonds is 5. The molecule has 3 N–H and O–H groups in total. The summed E-state index contributed by atoms with van der Waals surface area (Å²) in [4.78, 5) is 7.38. The first-order chi connectivity index (χ1) is 8.30. The number of hydrogen-bond acceptors (Lipinski definition) is 4. The number of H-pyrrole nitrogens is 1. The maximum Gasteiger partial charge on any atom is 0.165 e. The molecule has 0 bridgehead atoms. The van der Waals surface area contributed by atoms with Crippen LogP contribution in [0.3, 0.4) is 0 Å². The van der Waals surface area contributed by atoms with Gasteiger partial charge in [-0.2, -0.15) is 0 Å². The van der Waals surface area contributed by atoms with Gasteiger partial charge in [-0.3, -0.25) is 0 Å². The van der Waals surface area contributed by atoms with Crippen LogP contribution in [0.1, 0.15) is 32.1 Å². The molecular weight excluding hydrogens is 234 g/mol. The highest BCUT2D eigenvalue weighted by Gasteiger charge is 2.42. The van der Waals surface area contributed by atoms with E-state index in [1.54, 1.807) is 18.0 Å². The molecule has 94 valence electrons. The van der Waals surface area contributed by atoms with E-state index in [-0.39, 0.29) is 12.1 Å². The molecule has 1 heterocycles. The smallest absolute Gasteiger partial charge is 0.165 e. The van der Waals surface area contributed by atoms with Gasteiger partial charge in [-0.15, -0.1) is 0 Å². The van der Waals surface area contributed by atoms with E-state index in [0.717, 1.165) is 24.4 Å². The molecule has 2 aliphatic rings. The minimum absolute atomic E-state index is 0.0224. The summed E-state index contributed by atoms with van der Waals surface area (Å²) in [6, 6.07) is 0.662. The second-order valence-electron chi connectivity index (χ2n) is 5.23. The summed E-state index contributed by atoms with van der Waals surface area (Å²) in [5.74, 6) is 0. The van der Waals surface area contributed by atoms with Gasteiger partial charge in [0.05, 0.1) is 6.61 Å². The number of thioether (sulfide) groups is 1. The number of aliphatic hydroxyl groups is 1. The fourth-order valence-electron chi connectivity index (χ4n) is 2.63. The van der Waals surface area contributed by atoms with Gasteiger partial charge in [0, 0.05) is 29.2 Å². The maximum atomic E-state index is 9.64. The van der Waals surface area contributed by atoms with Crippen molar-refractivity contribution in [1.29, 1.82) is 0 Å². The van der Waals surface area contributed by atoms with E-state index in [1.807, 2.05) is 6.20 Å². The fourth-order valence-corrected chi connectivity index (χ4v) is 3.84. The lowest BCUT2D eigenvalue weighted by Crippen LogP contribution is -2.47. The van der Waals surface area contributed by atoms with Gasteiger partial charge in [0.2, 0.25) is 0 Å². The van der Waals surface area contributed by atoms with Gasteiger partial charge in [-0.05, 0) is 32.1 Å². The Kier molecular flexibility index (Phi) is 3.15. The summed E-state index contributed by atoms with van der Waals surface area (Å²) >= 11 is 1.81. The quantitative estimate of drug-likeness (QED) is 0.745. The molecular formula is C12H19N3OS. The van der Waals surface area contributed by atoms with Crippen LogP contribution in [0, 0.1) is 0 Å². The van der Waals surface area contributed by atoms with Crippen LogP contribution in [0.25, 0.3) is 0 Å². The van der Waals surface area contributed by atoms with E-state index in [4.69, 9.17) is 0 Å². The number of imidazole rings is 1. The van der Waals surface area contributed by atoms with Crippen molar-refractivity contribution in [3.63, 3.8) is 0 Å². The van der Waals surface area contributed by atoms with Crippen molar-refractivity contribution in [3.8, 4) is 0 Å². The number of hydrogen-bond donors (Lipinski definition) is 3. The lowest BCUT2D eigenvalue weighted by molar-refractivity contribution is 0.163. The fraction of sp³-hybridized carbons (Fsp3) is 0.750. The molecule has 1 aromatic heterocycles. The molecule has 5 heteroatoms. The Labute approximate surface area is 106 Å². The molecule has 0 spiro atoms. The van der Waals surface area contributed by atoms with Crippen molar-refractivity contribution in [2.75, 3.05) is 6.61 Å². The Morgan fingerprint density at radius 3 is 3.06 bits per heavy atom. The summed E-state index contributed by atoms with van der Waals surface area (Å²) in [7, 11) is 0. The predicted molar refractivity (Wildman–Crippen MR) is 68.1 cm³/mol. The first-order valence-electron chi connectivity index (χ1n) is 6.34. The molecule has 17 heavy (non-hydrogen) atoms. The second kappa shape index (κ2) is 4.63. The average molecular weight is 253 g/mol. The van der Waals surface area contributed by atoms with Crippen LogP contribution in [0.2, 0.25) is 0 Å². The first kappa shape index (κ1) is 11.6. The van der Waals surface area contributed by atoms with Gasteiger partial charge >= 0.3 is 0 Å². The van der Waals surface area contributed by atoms with Gasteiger partial charge in [0.25, 0.3) is 0 Å². The Bertz CT molecular complexity index is 366. The Morgan fingerprint density at radius 2 is 2.41 bits per heavy atom. The third-order valence-electron chi connectivity index (χ3n) is 3.71. The minimum Gasteiger partial charge on any atom is -0.394 e. The lowest BCUT2D eigenvalue weighted by atomic mass is 9.99. The van der Waals surface area contributed by atoms with Gasteiger partial charge < -0.3 is 15.4 Å². The lowest BCUT2D eigenvalue weighted by Gasteiger charge is -2.28. The summed E-state index contributed by atoms with van der Waals surface area (Å²) in [5.41, 5.74) is -0.0224. The summed E-state index contributed by atoms with van der Waals surface area (Å²) in [5, 5.41) is 14.8. The van der Waals surface area contributed by atoms with Crippen molar-refractivity contribution in [3.05, 3.63) is 12.4 Å². The van der Waals surface area contributed by atoms with Crippen molar-refractivity contribution in [2.45, 2.75) is 54.1 Å². The molecule has 2 saturated carbocycles. The van der Waals surface area contributed by atoms with Gasteiger partial charge in [-0.25, -0.2) is 4.98 Å². The molecule has 0 aliphatic heterocycles. The van der Waals surface area contributed by atoms with E-state index in [2.05, 4.69) is 15.3 Å². The summed E-state index contributed by atoms with van der Waals surface area (Å²) < 4.78 is 0. The predicted octanol–water partition coefficient (Wildman–Crippen LogP) is 1.54. The Morgan fingerprint density at radius 1 is 1.53 bits per heavy atom. The molecule has 0 saturated heterocycles. The van der Waals surface area contributed by atoms with Crippen molar-refractivity contribution in [2.24, 2.45) is 0 Å². The highest BCUT2D eigenvalue weighted by Crippen LogP contribution is 2.40. The van der Waals surface area contributed by atoms with Crippen LogP contribution < -0.4 is 5.32 Å². The zero-order valence-corrected chi connectivity index (χ0v) is 10.7. The standard InChI is InChI=1S/C12H19N3OS/c16-8-12(15-9-1-2-9)4-3-10(7-12)17-11-13-5-6-14-11/h5-6,9-10,15-16H,1-4,7-8H2,(H,13,14). The molecule has 2 atom stereocenters. The van der Waals surface area contributed by atoms with Crippen LogP contribution >= 0.6 is 11.8 Å². The van der Waals surface area contributed by atoms with Crippen LogP contribution in [-0.4, -0.2) is 38.5 Å². The van der Waals surface area contributed by atoms with E-state index >= 15 is 0 Å².